The van der Waals surface area contributed by atoms with Crippen LogP contribution < -0.4 is 15.8 Å². The van der Waals surface area contributed by atoms with Crippen molar-refractivity contribution >= 4 is 17.5 Å². The second-order valence-electron chi connectivity index (χ2n) is 3.23. The summed E-state index contributed by atoms with van der Waals surface area (Å²) in [5.74, 6) is 0.327. The van der Waals surface area contributed by atoms with Gasteiger partial charge >= 0.3 is 0 Å². The number of nitrogens with two attached hydrogens (primary N) is 1. The van der Waals surface area contributed by atoms with Crippen LogP contribution in [-0.2, 0) is 0 Å². The first-order valence-electron chi connectivity index (χ1n) is 4.82. The molecule has 0 aliphatic carbocycles. The predicted octanol–water partition coefficient (Wildman–Crippen LogP) is 0.648. The fourth-order valence-electron chi connectivity index (χ4n) is 1.27. The highest BCUT2D eigenvalue weighted by Gasteiger charge is 2.10. The van der Waals surface area contributed by atoms with E-state index in [0.717, 1.165) is 0 Å². The number of carbonyl (C=O) groups is 1. The molecule has 0 saturated carbocycles. The number of benzene rings is 1. The predicted molar refractivity (Wildman–Crippen MR) is 61.7 cm³/mol. The summed E-state index contributed by atoms with van der Waals surface area (Å²) in [7, 11) is 1.55. The van der Waals surface area contributed by atoms with Gasteiger partial charge in [-0.1, -0.05) is 6.07 Å². The Balaban J connectivity index is 2.12. The van der Waals surface area contributed by atoms with Gasteiger partial charge in [0.05, 0.1) is 7.11 Å². The molecule has 0 unspecified atom stereocenters. The van der Waals surface area contributed by atoms with E-state index < -0.39 is 5.91 Å². The largest absolute Gasteiger partial charge is 0.497 e. The molecule has 0 atom stereocenters. The number of amides is 1. The Morgan fingerprint density at radius 1 is 1.53 bits per heavy atom. The van der Waals surface area contributed by atoms with Gasteiger partial charge in [-0.3, -0.25) is 9.89 Å². The van der Waals surface area contributed by atoms with E-state index in [0.29, 0.717) is 11.4 Å². The van der Waals surface area contributed by atoms with Crippen LogP contribution in [0.4, 0.5) is 11.6 Å². The van der Waals surface area contributed by atoms with Gasteiger partial charge in [0.2, 0.25) is 11.8 Å². The van der Waals surface area contributed by atoms with Crippen molar-refractivity contribution in [2.24, 2.45) is 0 Å². The minimum absolute atomic E-state index is 0.0285. The number of nitrogen functional groups attached to an aromatic ring is 1. The molecule has 1 aromatic heterocycles. The molecule has 0 saturated heterocycles. The van der Waals surface area contributed by atoms with Crippen molar-refractivity contribution < 1.29 is 9.53 Å². The maximum absolute atomic E-state index is 11.7. The summed E-state index contributed by atoms with van der Waals surface area (Å²) in [5, 5.41) is 8.63. The van der Waals surface area contributed by atoms with Crippen molar-refractivity contribution in [1.29, 1.82) is 0 Å². The minimum Gasteiger partial charge on any atom is -0.497 e. The lowest BCUT2D eigenvalue weighted by Crippen LogP contribution is -2.13. The lowest BCUT2D eigenvalue weighted by Gasteiger charge is -2.04. The maximum Gasteiger partial charge on any atom is 0.293 e. The molecular weight excluding hydrogens is 222 g/mol. The molecule has 0 fully saturated rings. The Hall–Kier alpha value is -2.57. The number of hydrogen-bond donors (Lipinski definition) is 3. The van der Waals surface area contributed by atoms with E-state index >= 15 is 0 Å². The quantitative estimate of drug-likeness (QED) is 0.721. The molecule has 2 aromatic rings. The van der Waals surface area contributed by atoms with Crippen LogP contribution in [0.25, 0.3) is 0 Å². The third-order valence-electron chi connectivity index (χ3n) is 2.05. The second-order valence-corrected chi connectivity index (χ2v) is 3.23. The molecule has 4 N–H and O–H groups in total. The SMILES string of the molecule is COc1cccc(NC(=O)c2nc(N)n[nH]2)c1. The van der Waals surface area contributed by atoms with Crippen LogP contribution in [0.15, 0.2) is 24.3 Å². The number of rotatable bonds is 3. The highest BCUT2D eigenvalue weighted by atomic mass is 16.5. The first-order chi connectivity index (χ1) is 8.19. The zero-order valence-corrected chi connectivity index (χ0v) is 9.10. The van der Waals surface area contributed by atoms with Crippen LogP contribution >= 0.6 is 0 Å². The molecule has 1 aromatic carbocycles. The number of ether oxygens (including phenoxy) is 1. The standard InChI is InChI=1S/C10H11N5O2/c1-17-7-4-2-3-6(5-7)12-9(16)8-13-10(11)15-14-8/h2-5H,1H3,(H,12,16)(H3,11,13,14,15). The molecule has 0 aliphatic rings. The van der Waals surface area contributed by atoms with Crippen molar-refractivity contribution in [2.75, 3.05) is 18.2 Å². The minimum atomic E-state index is -0.414. The van der Waals surface area contributed by atoms with Crippen LogP contribution in [0, 0.1) is 0 Å². The van der Waals surface area contributed by atoms with E-state index in [1.165, 1.54) is 0 Å². The summed E-state index contributed by atoms with van der Waals surface area (Å²) >= 11 is 0. The van der Waals surface area contributed by atoms with Crippen LogP contribution in [-0.4, -0.2) is 28.2 Å². The molecule has 88 valence electrons. The molecule has 0 aliphatic heterocycles. The fourth-order valence-corrected chi connectivity index (χ4v) is 1.27. The first-order valence-corrected chi connectivity index (χ1v) is 4.82. The van der Waals surface area contributed by atoms with Crippen LogP contribution in [0.2, 0.25) is 0 Å². The lowest BCUT2D eigenvalue weighted by molar-refractivity contribution is 0.101. The molecule has 0 spiro atoms. The number of nitrogens with zero attached hydrogens (tertiary/aromatic N) is 2. The van der Waals surface area contributed by atoms with E-state index in [2.05, 4.69) is 20.5 Å². The lowest BCUT2D eigenvalue weighted by atomic mass is 10.3. The highest BCUT2D eigenvalue weighted by Crippen LogP contribution is 2.16. The average molecular weight is 233 g/mol. The zero-order valence-electron chi connectivity index (χ0n) is 9.10. The number of H-pyrrole nitrogens is 1. The van der Waals surface area contributed by atoms with Gasteiger partial charge in [0, 0.05) is 11.8 Å². The molecule has 1 heterocycles. The first kappa shape index (κ1) is 10.9. The monoisotopic (exact) mass is 233 g/mol. The van der Waals surface area contributed by atoms with E-state index in [1.807, 2.05) is 0 Å². The van der Waals surface area contributed by atoms with Crippen LogP contribution in [0.1, 0.15) is 10.6 Å². The smallest absolute Gasteiger partial charge is 0.293 e. The van der Waals surface area contributed by atoms with E-state index in [9.17, 15) is 4.79 Å². The Morgan fingerprint density at radius 3 is 3.00 bits per heavy atom. The third-order valence-corrected chi connectivity index (χ3v) is 2.05. The summed E-state index contributed by atoms with van der Waals surface area (Å²) in [4.78, 5) is 15.4. The normalized spacial score (nSPS) is 9.94. The summed E-state index contributed by atoms with van der Waals surface area (Å²) in [5.41, 5.74) is 5.90. The number of anilines is 2. The van der Waals surface area contributed by atoms with Crippen molar-refractivity contribution in [1.82, 2.24) is 15.2 Å². The van der Waals surface area contributed by atoms with Crippen LogP contribution in [0.3, 0.4) is 0 Å². The fraction of sp³-hybridized carbons (Fsp3) is 0.100. The van der Waals surface area contributed by atoms with Gasteiger partial charge in [-0.05, 0) is 12.1 Å². The van der Waals surface area contributed by atoms with Crippen molar-refractivity contribution in [3.8, 4) is 5.75 Å². The molecule has 1 amide bonds. The van der Waals surface area contributed by atoms with Crippen molar-refractivity contribution in [2.45, 2.75) is 0 Å². The van der Waals surface area contributed by atoms with E-state index in [1.54, 1.807) is 31.4 Å². The number of aromatic nitrogens is 3. The second kappa shape index (κ2) is 4.52. The van der Waals surface area contributed by atoms with E-state index in [-0.39, 0.29) is 11.8 Å². The summed E-state index contributed by atoms with van der Waals surface area (Å²) < 4.78 is 5.04. The van der Waals surface area contributed by atoms with E-state index in [4.69, 9.17) is 10.5 Å². The molecular formula is C10H11N5O2. The Bertz CT molecular complexity index is 537. The topological polar surface area (TPSA) is 106 Å². The Morgan fingerprint density at radius 2 is 2.35 bits per heavy atom. The zero-order chi connectivity index (χ0) is 12.3. The molecule has 7 heteroatoms. The third kappa shape index (κ3) is 2.51. The number of carbonyl (C=O) groups excluding carboxylic acids is 1. The van der Waals surface area contributed by atoms with Crippen molar-refractivity contribution in [3.63, 3.8) is 0 Å². The summed E-state index contributed by atoms with van der Waals surface area (Å²) in [6.45, 7) is 0. The number of aromatic amines is 1. The molecule has 0 radical (unpaired) electrons. The van der Waals surface area contributed by atoms with Gasteiger partial charge < -0.3 is 15.8 Å². The molecule has 2 rings (SSSR count). The van der Waals surface area contributed by atoms with Gasteiger partial charge in [0.1, 0.15) is 5.75 Å². The summed E-state index contributed by atoms with van der Waals surface area (Å²) in [6, 6.07) is 6.98. The van der Waals surface area contributed by atoms with Gasteiger partial charge in [-0.25, -0.2) is 0 Å². The molecule has 0 bridgehead atoms. The number of nitrogens with one attached hydrogen (secondary N) is 2. The molecule has 17 heavy (non-hydrogen) atoms. The van der Waals surface area contributed by atoms with Crippen molar-refractivity contribution in [3.05, 3.63) is 30.1 Å². The Kier molecular flexibility index (Phi) is 2.91. The maximum atomic E-state index is 11.7. The average Bonchev–Trinajstić information content (AvgIpc) is 2.76. The van der Waals surface area contributed by atoms with Gasteiger partial charge in [0.15, 0.2) is 0 Å². The van der Waals surface area contributed by atoms with Gasteiger partial charge in [-0.2, -0.15) is 4.98 Å². The summed E-state index contributed by atoms with van der Waals surface area (Å²) in [6.07, 6.45) is 0. The molecule has 7 nitrogen and oxygen atoms in total. The van der Waals surface area contributed by atoms with Gasteiger partial charge in [0.25, 0.3) is 5.91 Å². The number of hydrogen-bond acceptors (Lipinski definition) is 5. The van der Waals surface area contributed by atoms with Crippen LogP contribution in [0.5, 0.6) is 5.75 Å². The highest BCUT2D eigenvalue weighted by molar-refractivity contribution is 6.01. The number of methoxy groups -OCH3 is 1. The van der Waals surface area contributed by atoms with Gasteiger partial charge in [-0.15, -0.1) is 5.10 Å². The Labute approximate surface area is 97.0 Å².